The van der Waals surface area contributed by atoms with Crippen LogP contribution in [0, 0.1) is 6.92 Å². The van der Waals surface area contributed by atoms with E-state index < -0.39 is 0 Å². The summed E-state index contributed by atoms with van der Waals surface area (Å²) in [7, 11) is 6.59. The lowest BCUT2D eigenvalue weighted by Gasteiger charge is -2.23. The number of benzene rings is 1. The van der Waals surface area contributed by atoms with E-state index >= 15 is 0 Å². The Morgan fingerprint density at radius 3 is 2.50 bits per heavy atom. The van der Waals surface area contributed by atoms with Gasteiger partial charge < -0.3 is 9.22 Å². The maximum Gasteiger partial charge on any atom is 0.122 e. The van der Waals surface area contributed by atoms with Crippen LogP contribution in [0.2, 0.25) is 0 Å². The second kappa shape index (κ2) is 5.60. The molecule has 3 heteroatoms. The number of nitrogens with zero attached hydrogens (tertiary/aromatic N) is 1. The van der Waals surface area contributed by atoms with Gasteiger partial charge in [0.05, 0.1) is 34.3 Å². The molecule has 1 aromatic rings. The Kier molecular flexibility index (Phi) is 4.69. The predicted molar refractivity (Wildman–Crippen MR) is 71.4 cm³/mol. The van der Waals surface area contributed by atoms with E-state index in [9.17, 15) is 0 Å². The number of hydrogen-bond acceptors (Lipinski definition) is 2. The van der Waals surface area contributed by atoms with E-state index in [1.54, 1.807) is 0 Å². The molecule has 1 aromatic carbocycles. The highest BCUT2D eigenvalue weighted by Crippen LogP contribution is 2.20. The van der Waals surface area contributed by atoms with Crippen LogP contribution in [-0.4, -0.2) is 38.8 Å². The van der Waals surface area contributed by atoms with Crippen molar-refractivity contribution in [3.05, 3.63) is 23.8 Å². The summed E-state index contributed by atoms with van der Waals surface area (Å²) in [6, 6.07) is 5.98. The molecular weight excluding hydrogens is 218 g/mol. The van der Waals surface area contributed by atoms with Gasteiger partial charge in [0.15, 0.2) is 0 Å². The van der Waals surface area contributed by atoms with Crippen molar-refractivity contribution in [2.75, 3.05) is 34.3 Å². The van der Waals surface area contributed by atoms with Crippen LogP contribution in [0.1, 0.15) is 12.0 Å². The number of aryl methyl sites for hydroxylation is 1. The van der Waals surface area contributed by atoms with Gasteiger partial charge in [-0.05, 0) is 30.7 Å². The van der Waals surface area contributed by atoms with Crippen LogP contribution in [0.25, 0.3) is 0 Å². The average molecular weight is 240 g/mol. The summed E-state index contributed by atoms with van der Waals surface area (Å²) in [5.74, 6) is 0.971. The Morgan fingerprint density at radius 2 is 1.94 bits per heavy atom. The van der Waals surface area contributed by atoms with E-state index in [0.29, 0.717) is 0 Å². The van der Waals surface area contributed by atoms with Crippen molar-refractivity contribution in [2.24, 2.45) is 0 Å². The Morgan fingerprint density at radius 1 is 1.25 bits per heavy atom. The Bertz CT molecular complexity index is 344. The van der Waals surface area contributed by atoms with Gasteiger partial charge in [0.2, 0.25) is 0 Å². The van der Waals surface area contributed by atoms with E-state index in [4.69, 9.17) is 4.74 Å². The van der Waals surface area contributed by atoms with E-state index in [-0.39, 0.29) is 0 Å². The van der Waals surface area contributed by atoms with Crippen molar-refractivity contribution < 1.29 is 9.22 Å². The molecule has 0 bridgehead atoms. The summed E-state index contributed by atoms with van der Waals surface area (Å²) in [5.41, 5.74) is 1.15. The first-order chi connectivity index (χ1) is 7.38. The molecule has 0 spiro atoms. The van der Waals surface area contributed by atoms with Crippen LogP contribution >= 0.6 is 12.6 Å². The highest BCUT2D eigenvalue weighted by Gasteiger charge is 2.06. The number of quaternary nitrogens is 1. The van der Waals surface area contributed by atoms with Gasteiger partial charge in [0.1, 0.15) is 5.75 Å². The second-order valence-corrected chi connectivity index (χ2v) is 5.68. The largest absolute Gasteiger partial charge is 0.493 e. The zero-order valence-corrected chi connectivity index (χ0v) is 11.6. The highest BCUT2D eigenvalue weighted by molar-refractivity contribution is 7.80. The average Bonchev–Trinajstić information content (AvgIpc) is 2.13. The van der Waals surface area contributed by atoms with E-state index in [1.165, 1.54) is 0 Å². The molecule has 0 N–H and O–H groups in total. The van der Waals surface area contributed by atoms with Crippen molar-refractivity contribution in [3.63, 3.8) is 0 Å². The number of ether oxygens (including phenoxy) is 1. The molecule has 0 aliphatic carbocycles. The fraction of sp³-hybridized carbons (Fsp3) is 0.538. The van der Waals surface area contributed by atoms with Crippen LogP contribution in [-0.2, 0) is 0 Å². The van der Waals surface area contributed by atoms with Gasteiger partial charge in [0.25, 0.3) is 0 Å². The number of thiol groups is 1. The molecule has 0 aliphatic rings. The molecule has 0 saturated carbocycles. The lowest BCUT2D eigenvalue weighted by Crippen LogP contribution is -2.35. The summed E-state index contributed by atoms with van der Waals surface area (Å²) in [6.45, 7) is 3.96. The Balaban J connectivity index is 2.38. The van der Waals surface area contributed by atoms with Crippen LogP contribution in [0.15, 0.2) is 23.1 Å². The van der Waals surface area contributed by atoms with Crippen molar-refractivity contribution in [2.45, 2.75) is 18.2 Å². The van der Waals surface area contributed by atoms with Gasteiger partial charge in [-0.2, -0.15) is 0 Å². The molecule has 0 atom stereocenters. The fourth-order valence-electron chi connectivity index (χ4n) is 1.52. The molecular formula is C13H22NOS+. The second-order valence-electron chi connectivity index (χ2n) is 5.17. The monoisotopic (exact) mass is 240 g/mol. The molecule has 2 nitrogen and oxygen atoms in total. The highest BCUT2D eigenvalue weighted by atomic mass is 32.1. The van der Waals surface area contributed by atoms with Crippen LogP contribution < -0.4 is 4.74 Å². The van der Waals surface area contributed by atoms with Crippen molar-refractivity contribution in [1.29, 1.82) is 0 Å². The first-order valence-corrected chi connectivity index (χ1v) is 6.06. The Hall–Kier alpha value is -0.670. The molecule has 16 heavy (non-hydrogen) atoms. The standard InChI is InChI=1S/C13H21NOS/c1-11-10-12(16)6-7-13(11)15-9-5-8-14(2,3)4/h6-7,10H,5,8-9H2,1-4H3/p+1. The fourth-order valence-corrected chi connectivity index (χ4v) is 1.78. The molecule has 0 amide bonds. The van der Waals surface area contributed by atoms with Gasteiger partial charge in [-0.25, -0.2) is 0 Å². The first-order valence-electron chi connectivity index (χ1n) is 5.61. The molecule has 0 saturated heterocycles. The summed E-state index contributed by atoms with van der Waals surface area (Å²) >= 11 is 4.29. The quantitative estimate of drug-likeness (QED) is 0.473. The van der Waals surface area contributed by atoms with Gasteiger partial charge in [0, 0.05) is 11.3 Å². The van der Waals surface area contributed by atoms with E-state index in [2.05, 4.69) is 40.7 Å². The smallest absolute Gasteiger partial charge is 0.122 e. The topological polar surface area (TPSA) is 9.23 Å². The minimum atomic E-state index is 0.780. The maximum absolute atomic E-state index is 5.74. The third-order valence-electron chi connectivity index (χ3n) is 2.39. The van der Waals surface area contributed by atoms with Gasteiger partial charge in [-0.1, -0.05) is 0 Å². The van der Waals surface area contributed by atoms with Crippen LogP contribution in [0.3, 0.4) is 0 Å². The van der Waals surface area contributed by atoms with E-state index in [1.807, 2.05) is 18.2 Å². The number of rotatable bonds is 5. The SMILES string of the molecule is Cc1cc(S)ccc1OCCC[N+](C)(C)C. The summed E-state index contributed by atoms with van der Waals surface area (Å²) in [4.78, 5) is 0.983. The maximum atomic E-state index is 5.74. The molecule has 0 aromatic heterocycles. The minimum Gasteiger partial charge on any atom is -0.493 e. The first kappa shape index (κ1) is 13.4. The lowest BCUT2D eigenvalue weighted by molar-refractivity contribution is -0.870. The Labute approximate surface area is 104 Å². The van der Waals surface area contributed by atoms with Crippen molar-refractivity contribution >= 4 is 12.6 Å². The summed E-state index contributed by atoms with van der Waals surface area (Å²) in [5, 5.41) is 0. The zero-order valence-electron chi connectivity index (χ0n) is 10.7. The van der Waals surface area contributed by atoms with Crippen LogP contribution in [0.5, 0.6) is 5.75 Å². The number of hydrogen-bond donors (Lipinski definition) is 1. The summed E-state index contributed by atoms with van der Waals surface area (Å²) in [6.07, 6.45) is 1.07. The third-order valence-corrected chi connectivity index (χ3v) is 2.67. The zero-order chi connectivity index (χ0) is 12.2. The molecule has 1 rings (SSSR count). The molecule has 0 fully saturated rings. The minimum absolute atomic E-state index is 0.780. The molecule has 0 unspecified atom stereocenters. The van der Waals surface area contributed by atoms with E-state index in [0.717, 1.165) is 40.3 Å². The van der Waals surface area contributed by atoms with Crippen molar-refractivity contribution in [3.8, 4) is 5.75 Å². The lowest BCUT2D eigenvalue weighted by atomic mass is 10.2. The molecule has 0 heterocycles. The van der Waals surface area contributed by atoms with Crippen LogP contribution in [0.4, 0.5) is 0 Å². The third kappa shape index (κ3) is 4.90. The van der Waals surface area contributed by atoms with Crippen molar-refractivity contribution in [1.82, 2.24) is 0 Å². The van der Waals surface area contributed by atoms with Gasteiger partial charge in [-0.15, -0.1) is 12.6 Å². The normalized spacial score (nSPS) is 11.6. The van der Waals surface area contributed by atoms with Gasteiger partial charge in [-0.3, -0.25) is 0 Å². The molecule has 0 radical (unpaired) electrons. The molecule has 90 valence electrons. The summed E-state index contributed by atoms with van der Waals surface area (Å²) < 4.78 is 6.73. The molecule has 0 aliphatic heterocycles. The van der Waals surface area contributed by atoms with Gasteiger partial charge >= 0.3 is 0 Å². The predicted octanol–water partition coefficient (Wildman–Crippen LogP) is 2.76.